The molecule has 0 bridgehead atoms. The van der Waals surface area contributed by atoms with Crippen molar-refractivity contribution in [3.63, 3.8) is 0 Å². The van der Waals surface area contributed by atoms with Gasteiger partial charge < -0.3 is 15.5 Å². The second kappa shape index (κ2) is 5.84. The van der Waals surface area contributed by atoms with Crippen LogP contribution < -0.4 is 5.32 Å². The fraction of sp³-hybridized carbons (Fsp3) is 0.429. The molecule has 0 heterocycles. The predicted molar refractivity (Wildman–Crippen MR) is 71.6 cm³/mol. The van der Waals surface area contributed by atoms with Crippen LogP contribution in [0.25, 0.3) is 0 Å². The molecule has 0 aliphatic carbocycles. The first-order valence-electron chi connectivity index (χ1n) is 5.99. The first kappa shape index (κ1) is 15.2. The Morgan fingerprint density at radius 3 is 2.11 bits per heavy atom. The number of carbonyl (C=O) groups excluding carboxylic acids is 1. The number of aliphatic hydroxyl groups is 1. The second-order valence-electron chi connectivity index (χ2n) is 5.48. The van der Waals surface area contributed by atoms with Gasteiger partial charge in [-0.2, -0.15) is 0 Å². The Bertz CT molecular complexity index is 459. The van der Waals surface area contributed by atoms with Gasteiger partial charge in [0, 0.05) is 5.69 Å². The van der Waals surface area contributed by atoms with Gasteiger partial charge in [-0.3, -0.25) is 9.59 Å². The summed E-state index contributed by atoms with van der Waals surface area (Å²) in [6, 6.07) is 6.60. The average molecular weight is 265 g/mol. The molecule has 0 saturated carbocycles. The van der Waals surface area contributed by atoms with Crippen molar-refractivity contribution < 1.29 is 19.8 Å². The van der Waals surface area contributed by atoms with Gasteiger partial charge in [0.05, 0.1) is 6.61 Å². The van der Waals surface area contributed by atoms with E-state index in [0.29, 0.717) is 5.69 Å². The van der Waals surface area contributed by atoms with Crippen molar-refractivity contribution in [2.24, 2.45) is 11.3 Å². The number of aliphatic carboxylic acids is 1. The number of hydrogen-bond acceptors (Lipinski definition) is 3. The largest absolute Gasteiger partial charge is 0.481 e. The third-order valence-corrected chi connectivity index (χ3v) is 2.78. The Morgan fingerprint density at radius 2 is 1.74 bits per heavy atom. The molecule has 5 nitrogen and oxygen atoms in total. The van der Waals surface area contributed by atoms with Crippen molar-refractivity contribution in [2.45, 2.75) is 27.4 Å². The molecule has 19 heavy (non-hydrogen) atoms. The quantitative estimate of drug-likeness (QED) is 0.725. The van der Waals surface area contributed by atoms with Gasteiger partial charge in [-0.25, -0.2) is 0 Å². The number of carboxylic acids is 1. The van der Waals surface area contributed by atoms with E-state index >= 15 is 0 Å². The van der Waals surface area contributed by atoms with Gasteiger partial charge in [-0.1, -0.05) is 32.9 Å². The van der Waals surface area contributed by atoms with Crippen molar-refractivity contribution in [2.75, 3.05) is 5.32 Å². The van der Waals surface area contributed by atoms with Gasteiger partial charge in [-0.05, 0) is 23.1 Å². The van der Waals surface area contributed by atoms with Gasteiger partial charge in [0.15, 0.2) is 0 Å². The minimum atomic E-state index is -1.14. The van der Waals surface area contributed by atoms with E-state index in [4.69, 9.17) is 10.2 Å². The van der Waals surface area contributed by atoms with Crippen molar-refractivity contribution in [1.82, 2.24) is 0 Å². The van der Waals surface area contributed by atoms with Crippen LogP contribution in [-0.4, -0.2) is 22.1 Å². The minimum Gasteiger partial charge on any atom is -0.481 e. The number of carboxylic acid groups (broad SMARTS) is 1. The maximum atomic E-state index is 12.0. The summed E-state index contributed by atoms with van der Waals surface area (Å²) in [5.41, 5.74) is 0.572. The van der Waals surface area contributed by atoms with Crippen LogP contribution in [0.1, 0.15) is 26.3 Å². The molecular weight excluding hydrogens is 246 g/mol. The van der Waals surface area contributed by atoms with E-state index in [2.05, 4.69) is 5.32 Å². The zero-order chi connectivity index (χ0) is 14.6. The summed E-state index contributed by atoms with van der Waals surface area (Å²) in [5.74, 6) is -2.81. The maximum absolute atomic E-state index is 12.0. The zero-order valence-corrected chi connectivity index (χ0v) is 11.3. The molecule has 0 fully saturated rings. The topological polar surface area (TPSA) is 86.6 Å². The summed E-state index contributed by atoms with van der Waals surface area (Å²) >= 11 is 0. The number of nitrogens with one attached hydrogen (secondary N) is 1. The van der Waals surface area contributed by atoms with Crippen molar-refractivity contribution in [1.29, 1.82) is 0 Å². The maximum Gasteiger partial charge on any atom is 0.316 e. The Balaban J connectivity index is 2.84. The van der Waals surface area contributed by atoms with E-state index in [1.54, 1.807) is 45.0 Å². The number of rotatable bonds is 4. The number of hydrogen-bond donors (Lipinski definition) is 3. The van der Waals surface area contributed by atoms with E-state index < -0.39 is 23.2 Å². The van der Waals surface area contributed by atoms with Gasteiger partial charge in [0.1, 0.15) is 5.92 Å². The lowest BCUT2D eigenvalue weighted by molar-refractivity contribution is -0.149. The van der Waals surface area contributed by atoms with Crippen LogP contribution in [0.3, 0.4) is 0 Å². The van der Waals surface area contributed by atoms with Gasteiger partial charge in [0.2, 0.25) is 5.91 Å². The molecule has 1 aromatic rings. The summed E-state index contributed by atoms with van der Waals surface area (Å²) in [7, 11) is 0. The average Bonchev–Trinajstić information content (AvgIpc) is 2.27. The highest BCUT2D eigenvalue weighted by atomic mass is 16.4. The number of benzene rings is 1. The van der Waals surface area contributed by atoms with Crippen molar-refractivity contribution in [3.05, 3.63) is 29.8 Å². The third-order valence-electron chi connectivity index (χ3n) is 2.78. The van der Waals surface area contributed by atoms with Crippen LogP contribution >= 0.6 is 0 Å². The first-order valence-corrected chi connectivity index (χ1v) is 5.99. The monoisotopic (exact) mass is 265 g/mol. The molecule has 0 aliphatic rings. The molecule has 0 aliphatic heterocycles. The normalized spacial score (nSPS) is 12.8. The molecule has 0 spiro atoms. The molecule has 1 rings (SSSR count). The Hall–Kier alpha value is -1.88. The highest BCUT2D eigenvalue weighted by Crippen LogP contribution is 2.27. The van der Waals surface area contributed by atoms with Crippen LogP contribution in [-0.2, 0) is 16.2 Å². The van der Waals surface area contributed by atoms with Crippen molar-refractivity contribution in [3.8, 4) is 0 Å². The lowest BCUT2D eigenvalue weighted by atomic mass is 9.80. The molecule has 104 valence electrons. The van der Waals surface area contributed by atoms with Crippen LogP contribution in [0, 0.1) is 11.3 Å². The highest BCUT2D eigenvalue weighted by Gasteiger charge is 2.37. The Kier molecular flexibility index (Phi) is 4.67. The van der Waals surface area contributed by atoms with Crippen LogP contribution in [0.2, 0.25) is 0 Å². The molecule has 3 N–H and O–H groups in total. The van der Waals surface area contributed by atoms with E-state index in [-0.39, 0.29) is 6.61 Å². The number of amides is 1. The summed E-state index contributed by atoms with van der Waals surface area (Å²) in [5, 5.41) is 20.6. The summed E-state index contributed by atoms with van der Waals surface area (Å²) in [4.78, 5) is 23.2. The van der Waals surface area contributed by atoms with E-state index in [1.807, 2.05) is 0 Å². The molecular formula is C14H19NO4. The molecule has 1 atom stereocenters. The summed E-state index contributed by atoms with van der Waals surface area (Å²) < 4.78 is 0. The molecule has 1 aromatic carbocycles. The lowest BCUT2D eigenvalue weighted by Crippen LogP contribution is -2.39. The van der Waals surface area contributed by atoms with Crippen molar-refractivity contribution >= 4 is 17.6 Å². The fourth-order valence-corrected chi connectivity index (χ4v) is 1.78. The Morgan fingerprint density at radius 1 is 1.21 bits per heavy atom. The third kappa shape index (κ3) is 4.06. The standard InChI is InChI=1S/C14H19NO4/c1-14(2,3)11(13(18)19)12(17)15-10-6-4-9(8-16)5-7-10/h4-7,11,16H,8H2,1-3H3,(H,15,17)(H,18,19). The van der Waals surface area contributed by atoms with E-state index in [1.165, 1.54) is 0 Å². The molecule has 0 saturated heterocycles. The first-order chi connectivity index (χ1) is 8.75. The number of aliphatic hydroxyl groups excluding tert-OH is 1. The SMILES string of the molecule is CC(C)(C)C(C(=O)O)C(=O)Nc1ccc(CO)cc1. The molecule has 1 unspecified atom stereocenters. The zero-order valence-electron chi connectivity index (χ0n) is 11.3. The summed E-state index contributed by atoms with van der Waals surface area (Å²) in [6.07, 6.45) is 0. The molecule has 1 amide bonds. The van der Waals surface area contributed by atoms with Crippen LogP contribution in [0.15, 0.2) is 24.3 Å². The van der Waals surface area contributed by atoms with Gasteiger partial charge in [-0.15, -0.1) is 0 Å². The smallest absolute Gasteiger partial charge is 0.316 e. The van der Waals surface area contributed by atoms with E-state index in [9.17, 15) is 9.59 Å². The van der Waals surface area contributed by atoms with Crippen LogP contribution in [0.5, 0.6) is 0 Å². The minimum absolute atomic E-state index is 0.0754. The Labute approximate surface area is 112 Å². The number of carbonyl (C=O) groups is 2. The second-order valence-corrected chi connectivity index (χ2v) is 5.48. The fourth-order valence-electron chi connectivity index (χ4n) is 1.78. The molecule has 5 heteroatoms. The van der Waals surface area contributed by atoms with Gasteiger partial charge in [0.25, 0.3) is 0 Å². The van der Waals surface area contributed by atoms with E-state index in [0.717, 1.165) is 5.56 Å². The number of anilines is 1. The highest BCUT2D eigenvalue weighted by molar-refractivity contribution is 6.04. The van der Waals surface area contributed by atoms with Gasteiger partial charge >= 0.3 is 5.97 Å². The molecule has 0 aromatic heterocycles. The molecule has 0 radical (unpaired) electrons. The van der Waals surface area contributed by atoms with Crippen LogP contribution in [0.4, 0.5) is 5.69 Å². The summed E-state index contributed by atoms with van der Waals surface area (Å²) in [6.45, 7) is 5.05. The lowest BCUT2D eigenvalue weighted by Gasteiger charge is -2.25. The predicted octanol–water partition coefficient (Wildman–Crippen LogP) is 1.86.